The highest BCUT2D eigenvalue weighted by atomic mass is 35.6. The second-order valence-electron chi connectivity index (χ2n) is 8.70. The molecule has 0 aromatic heterocycles. The molecule has 3 rings (SSSR count). The number of carbonyl (C=O) groups excluding carboxylic acids is 3. The lowest BCUT2D eigenvalue weighted by Gasteiger charge is -2.63. The number of hydrogen-bond acceptors (Lipinski definition) is 5. The molecule has 5 atom stereocenters. The molecule has 2 aliphatic carbocycles. The first-order chi connectivity index (χ1) is 13.6. The fraction of sp³-hybridized carbons (Fsp3) is 0.850. The Morgan fingerprint density at radius 1 is 1.31 bits per heavy atom. The first kappa shape index (κ1) is 23.0. The molecular formula is C20H28Cl3NO5. The van der Waals surface area contributed by atoms with Gasteiger partial charge in [0.05, 0.1) is 12.6 Å². The van der Waals surface area contributed by atoms with Gasteiger partial charge in [-0.2, -0.15) is 0 Å². The minimum Gasteiger partial charge on any atom is -0.469 e. The molecule has 2 bridgehead atoms. The number of amides is 1. The molecule has 1 saturated heterocycles. The van der Waals surface area contributed by atoms with E-state index in [9.17, 15) is 14.4 Å². The summed E-state index contributed by atoms with van der Waals surface area (Å²) in [6.07, 6.45) is 4.00. The van der Waals surface area contributed by atoms with Gasteiger partial charge in [-0.05, 0) is 49.9 Å². The lowest BCUT2D eigenvalue weighted by atomic mass is 9.49. The molecule has 1 aliphatic heterocycles. The first-order valence-corrected chi connectivity index (χ1v) is 11.3. The molecule has 0 aromatic carbocycles. The van der Waals surface area contributed by atoms with Gasteiger partial charge >= 0.3 is 12.1 Å². The smallest absolute Gasteiger partial charge is 0.410 e. The molecule has 9 heteroatoms. The fourth-order valence-corrected chi connectivity index (χ4v) is 6.27. The summed E-state index contributed by atoms with van der Waals surface area (Å²) in [6.45, 7) is 2.31. The summed E-state index contributed by atoms with van der Waals surface area (Å²) in [4.78, 5) is 39.8. The molecule has 29 heavy (non-hydrogen) atoms. The van der Waals surface area contributed by atoms with Crippen molar-refractivity contribution in [1.82, 2.24) is 4.90 Å². The van der Waals surface area contributed by atoms with Crippen molar-refractivity contribution in [1.29, 1.82) is 0 Å². The van der Waals surface area contributed by atoms with Crippen molar-refractivity contribution >= 4 is 52.6 Å². The van der Waals surface area contributed by atoms with Crippen molar-refractivity contribution < 1.29 is 23.9 Å². The lowest BCUT2D eigenvalue weighted by molar-refractivity contribution is -0.160. The Balaban J connectivity index is 1.94. The van der Waals surface area contributed by atoms with E-state index in [1.165, 1.54) is 7.11 Å². The topological polar surface area (TPSA) is 72.9 Å². The number of methoxy groups -OCH3 is 1. The third-order valence-corrected chi connectivity index (χ3v) is 7.22. The van der Waals surface area contributed by atoms with E-state index in [0.29, 0.717) is 31.7 Å². The Bertz CT molecular complexity index is 667. The molecule has 6 nitrogen and oxygen atoms in total. The molecule has 1 heterocycles. The van der Waals surface area contributed by atoms with Gasteiger partial charge in [-0.3, -0.25) is 9.59 Å². The number of ketones is 1. The van der Waals surface area contributed by atoms with E-state index in [-0.39, 0.29) is 36.6 Å². The van der Waals surface area contributed by atoms with Crippen LogP contribution in [-0.4, -0.2) is 52.3 Å². The van der Waals surface area contributed by atoms with Crippen molar-refractivity contribution in [3.63, 3.8) is 0 Å². The molecule has 1 unspecified atom stereocenters. The number of piperidine rings is 1. The van der Waals surface area contributed by atoms with Crippen LogP contribution < -0.4 is 0 Å². The molecule has 0 radical (unpaired) electrons. The second kappa shape index (κ2) is 8.80. The zero-order chi connectivity index (χ0) is 21.4. The number of alkyl halides is 3. The van der Waals surface area contributed by atoms with Crippen LogP contribution in [0.25, 0.3) is 0 Å². The SMILES string of the molecule is COC(=O)CCC1C(=O)C[C@@H]2C[C@@H](C)C[C@@]13[C@@H]2CCCN3C(=O)OCC(Cl)(Cl)Cl. The van der Waals surface area contributed by atoms with Gasteiger partial charge in [0.2, 0.25) is 3.79 Å². The quantitative estimate of drug-likeness (QED) is 0.447. The van der Waals surface area contributed by atoms with Crippen LogP contribution in [0, 0.1) is 23.7 Å². The Labute approximate surface area is 186 Å². The van der Waals surface area contributed by atoms with Gasteiger partial charge in [0.15, 0.2) is 0 Å². The molecule has 0 aromatic rings. The molecule has 164 valence electrons. The summed E-state index contributed by atoms with van der Waals surface area (Å²) in [5.41, 5.74) is -0.644. The fourth-order valence-electron chi connectivity index (χ4n) is 6.11. The summed E-state index contributed by atoms with van der Waals surface area (Å²) in [5.74, 6) is 0.205. The van der Waals surface area contributed by atoms with E-state index in [4.69, 9.17) is 44.3 Å². The van der Waals surface area contributed by atoms with Crippen LogP contribution in [0.15, 0.2) is 0 Å². The van der Waals surface area contributed by atoms with Crippen LogP contribution in [0.1, 0.15) is 51.9 Å². The number of likely N-dealkylation sites (tertiary alicyclic amines) is 1. The van der Waals surface area contributed by atoms with Gasteiger partial charge in [0.25, 0.3) is 0 Å². The minimum absolute atomic E-state index is 0.128. The maximum absolute atomic E-state index is 13.2. The molecule has 3 aliphatic rings. The van der Waals surface area contributed by atoms with Gasteiger partial charge < -0.3 is 14.4 Å². The first-order valence-electron chi connectivity index (χ1n) is 10.2. The monoisotopic (exact) mass is 467 g/mol. The van der Waals surface area contributed by atoms with E-state index in [0.717, 1.165) is 19.3 Å². The summed E-state index contributed by atoms with van der Waals surface area (Å²) >= 11 is 17.3. The van der Waals surface area contributed by atoms with Gasteiger partial charge in [0.1, 0.15) is 12.4 Å². The van der Waals surface area contributed by atoms with Gasteiger partial charge in [0, 0.05) is 25.3 Å². The van der Waals surface area contributed by atoms with Crippen LogP contribution in [0.2, 0.25) is 0 Å². The Hall–Kier alpha value is -0.720. The predicted molar refractivity (Wildman–Crippen MR) is 110 cm³/mol. The van der Waals surface area contributed by atoms with Crippen LogP contribution in [0.4, 0.5) is 4.79 Å². The van der Waals surface area contributed by atoms with Gasteiger partial charge in [-0.1, -0.05) is 41.7 Å². The van der Waals surface area contributed by atoms with Crippen LogP contribution in [-0.2, 0) is 19.1 Å². The number of rotatable bonds is 4. The molecule has 3 fully saturated rings. The molecule has 2 saturated carbocycles. The van der Waals surface area contributed by atoms with E-state index in [1.807, 2.05) is 0 Å². The number of ether oxygens (including phenoxy) is 2. The Morgan fingerprint density at radius 3 is 2.69 bits per heavy atom. The van der Waals surface area contributed by atoms with Crippen molar-refractivity contribution in [3.05, 3.63) is 0 Å². The Kier molecular flexibility index (Phi) is 6.96. The largest absolute Gasteiger partial charge is 0.469 e. The zero-order valence-corrected chi connectivity index (χ0v) is 19.1. The van der Waals surface area contributed by atoms with E-state index in [2.05, 4.69) is 6.92 Å². The number of esters is 1. The van der Waals surface area contributed by atoms with E-state index < -0.39 is 21.3 Å². The van der Waals surface area contributed by atoms with Gasteiger partial charge in [-0.25, -0.2) is 4.79 Å². The van der Waals surface area contributed by atoms with E-state index in [1.54, 1.807) is 4.90 Å². The third kappa shape index (κ3) is 4.64. The Morgan fingerprint density at radius 2 is 2.03 bits per heavy atom. The van der Waals surface area contributed by atoms with Crippen LogP contribution >= 0.6 is 34.8 Å². The number of nitrogens with zero attached hydrogens (tertiary/aromatic N) is 1. The summed E-state index contributed by atoms with van der Waals surface area (Å²) < 4.78 is 8.42. The standard InChI is InChI=1S/C20H28Cl3NO5/c1-12-8-13-9-16(25)15(5-6-17(26)28-2)19(10-12)14(13)4-3-7-24(19)18(27)29-11-20(21,22)23/h12-15H,3-11H2,1-2H3/t12-,13+,14-,15?,19-/m1/s1. The highest BCUT2D eigenvalue weighted by molar-refractivity contribution is 6.67. The lowest BCUT2D eigenvalue weighted by Crippen LogP contribution is -2.70. The normalized spacial score (nSPS) is 34.4. The van der Waals surface area contributed by atoms with E-state index >= 15 is 0 Å². The molecule has 0 spiro atoms. The molecular weight excluding hydrogens is 441 g/mol. The van der Waals surface area contributed by atoms with Crippen LogP contribution in [0.3, 0.4) is 0 Å². The highest BCUT2D eigenvalue weighted by Gasteiger charge is 2.63. The van der Waals surface area contributed by atoms with Crippen LogP contribution in [0.5, 0.6) is 0 Å². The number of halogens is 3. The number of hydrogen-bond donors (Lipinski definition) is 0. The van der Waals surface area contributed by atoms with Crippen molar-refractivity contribution in [2.45, 2.75) is 61.2 Å². The summed E-state index contributed by atoms with van der Waals surface area (Å²) in [6, 6.07) is 0. The highest BCUT2D eigenvalue weighted by Crippen LogP contribution is 2.58. The maximum Gasteiger partial charge on any atom is 0.410 e. The molecule has 0 N–H and O–H groups in total. The average Bonchev–Trinajstić information content (AvgIpc) is 2.63. The average molecular weight is 469 g/mol. The summed E-state index contributed by atoms with van der Waals surface area (Å²) in [7, 11) is 1.34. The summed E-state index contributed by atoms with van der Waals surface area (Å²) in [5, 5.41) is 0. The second-order valence-corrected chi connectivity index (χ2v) is 11.2. The zero-order valence-electron chi connectivity index (χ0n) is 16.8. The molecule has 1 amide bonds. The van der Waals surface area contributed by atoms with Crippen molar-refractivity contribution in [2.24, 2.45) is 23.7 Å². The number of carbonyl (C=O) groups is 3. The van der Waals surface area contributed by atoms with Gasteiger partial charge in [-0.15, -0.1) is 0 Å². The maximum atomic E-state index is 13.2. The predicted octanol–water partition coefficient (Wildman–Crippen LogP) is 4.53. The minimum atomic E-state index is -1.70. The van der Waals surface area contributed by atoms with Crippen molar-refractivity contribution in [2.75, 3.05) is 20.3 Å². The number of Topliss-reactive ketones (excluding diaryl/α,β-unsaturated/α-hetero) is 1. The van der Waals surface area contributed by atoms with Crippen molar-refractivity contribution in [3.8, 4) is 0 Å². The third-order valence-electron chi connectivity index (χ3n) is 6.89.